The molecular formula is C21H24FIN2O5. The van der Waals surface area contributed by atoms with Crippen molar-refractivity contribution in [3.63, 3.8) is 0 Å². The Balaban J connectivity index is 2.17. The maximum absolute atomic E-state index is 14.3. The molecule has 0 aliphatic heterocycles. The van der Waals surface area contributed by atoms with Crippen molar-refractivity contribution in [1.29, 1.82) is 0 Å². The fourth-order valence-electron chi connectivity index (χ4n) is 2.81. The van der Waals surface area contributed by atoms with E-state index in [9.17, 15) is 18.8 Å². The number of halogens is 2. The summed E-state index contributed by atoms with van der Waals surface area (Å²) in [5.41, 5.74) is 6.62. The van der Waals surface area contributed by atoms with Crippen molar-refractivity contribution in [1.82, 2.24) is 4.57 Å². The minimum absolute atomic E-state index is 0.0238. The Kier molecular flexibility index (Phi) is 8.68. The van der Waals surface area contributed by atoms with E-state index in [0.717, 1.165) is 3.57 Å². The summed E-state index contributed by atoms with van der Waals surface area (Å²) >= 11 is 2.01. The third kappa shape index (κ3) is 6.19. The van der Waals surface area contributed by atoms with Crippen LogP contribution >= 0.6 is 22.6 Å². The number of ketones is 1. The summed E-state index contributed by atoms with van der Waals surface area (Å²) in [7, 11) is 1.56. The predicted molar refractivity (Wildman–Crippen MR) is 118 cm³/mol. The van der Waals surface area contributed by atoms with Crippen LogP contribution in [0, 0.1) is 16.3 Å². The Bertz CT molecular complexity index is 1000. The maximum Gasteiger partial charge on any atom is 0.322 e. The van der Waals surface area contributed by atoms with Gasteiger partial charge in [-0.1, -0.05) is 6.07 Å². The zero-order chi connectivity index (χ0) is 22.4. The summed E-state index contributed by atoms with van der Waals surface area (Å²) in [6.45, 7) is 2.85. The van der Waals surface area contributed by atoms with Gasteiger partial charge in [-0.2, -0.15) is 0 Å². The van der Waals surface area contributed by atoms with Crippen LogP contribution in [0.1, 0.15) is 34.1 Å². The molecule has 1 aromatic carbocycles. The number of nitrogens with zero attached hydrogens (tertiary/aromatic N) is 1. The molecule has 30 heavy (non-hydrogen) atoms. The van der Waals surface area contributed by atoms with E-state index in [1.807, 2.05) is 22.6 Å². The molecule has 0 unspecified atom stereocenters. The number of esters is 1. The van der Waals surface area contributed by atoms with Crippen LogP contribution in [-0.2, 0) is 27.7 Å². The van der Waals surface area contributed by atoms with E-state index in [4.69, 9.17) is 15.2 Å². The fourth-order valence-corrected chi connectivity index (χ4v) is 3.26. The Morgan fingerprint density at radius 1 is 1.27 bits per heavy atom. The minimum Gasteiger partial charge on any atom is -0.462 e. The van der Waals surface area contributed by atoms with Crippen LogP contribution in [0.4, 0.5) is 4.39 Å². The molecule has 1 heterocycles. The van der Waals surface area contributed by atoms with Crippen LogP contribution in [0.2, 0.25) is 0 Å². The predicted octanol–water partition coefficient (Wildman–Crippen LogP) is 2.12. The van der Waals surface area contributed by atoms with Crippen LogP contribution in [0.3, 0.4) is 0 Å². The SMILES string of the molecule is Cc1cc(C(=O)COCCOC(=O)[C@H](C)N)c(Cc2ccc(I)cc2F)n(C)c1=O. The highest BCUT2D eigenvalue weighted by Gasteiger charge is 2.19. The maximum atomic E-state index is 14.3. The van der Waals surface area contributed by atoms with Gasteiger partial charge < -0.3 is 19.8 Å². The van der Waals surface area contributed by atoms with E-state index in [1.54, 1.807) is 26.1 Å². The van der Waals surface area contributed by atoms with Crippen molar-refractivity contribution in [3.05, 3.63) is 66.4 Å². The van der Waals surface area contributed by atoms with Crippen molar-refractivity contribution in [2.45, 2.75) is 26.3 Å². The molecular weight excluding hydrogens is 506 g/mol. The van der Waals surface area contributed by atoms with Gasteiger partial charge in [0.2, 0.25) is 0 Å². The summed E-state index contributed by atoms with van der Waals surface area (Å²) in [5.74, 6) is -1.31. The lowest BCUT2D eigenvalue weighted by Gasteiger charge is -2.15. The molecule has 0 saturated carbocycles. The fraction of sp³-hybridized carbons (Fsp3) is 0.381. The highest BCUT2D eigenvalue weighted by Crippen LogP contribution is 2.19. The van der Waals surface area contributed by atoms with Gasteiger partial charge in [-0.15, -0.1) is 0 Å². The van der Waals surface area contributed by atoms with E-state index in [-0.39, 0.29) is 37.6 Å². The number of carbonyl (C=O) groups excluding carboxylic acids is 2. The number of aryl methyl sites for hydroxylation is 1. The topological polar surface area (TPSA) is 101 Å². The zero-order valence-corrected chi connectivity index (χ0v) is 19.2. The normalized spacial score (nSPS) is 11.9. The smallest absolute Gasteiger partial charge is 0.322 e. The standard InChI is InChI=1S/C21H24FIN2O5/c1-12-8-16(19(26)11-29-6-7-30-21(28)13(2)24)18(25(3)20(12)27)9-14-4-5-15(23)10-17(14)22/h4-5,8,10,13H,6-7,9,11,24H2,1-3H3/t13-/m0/s1. The molecule has 2 aromatic rings. The van der Waals surface area contributed by atoms with Gasteiger partial charge in [0, 0.05) is 33.9 Å². The molecule has 2 N–H and O–H groups in total. The summed E-state index contributed by atoms with van der Waals surface area (Å²) in [4.78, 5) is 36.4. The van der Waals surface area contributed by atoms with Gasteiger partial charge in [0.1, 0.15) is 25.1 Å². The van der Waals surface area contributed by atoms with Crippen molar-refractivity contribution in [3.8, 4) is 0 Å². The molecule has 1 aromatic heterocycles. The number of hydrogen-bond donors (Lipinski definition) is 1. The van der Waals surface area contributed by atoms with Crippen molar-refractivity contribution < 1.29 is 23.5 Å². The van der Waals surface area contributed by atoms with Crippen LogP contribution in [0.25, 0.3) is 0 Å². The zero-order valence-electron chi connectivity index (χ0n) is 17.0. The Morgan fingerprint density at radius 2 is 1.97 bits per heavy atom. The molecule has 9 heteroatoms. The van der Waals surface area contributed by atoms with Gasteiger partial charge >= 0.3 is 5.97 Å². The lowest BCUT2D eigenvalue weighted by atomic mass is 10.00. The third-order valence-electron chi connectivity index (χ3n) is 4.47. The molecule has 2 rings (SSSR count). The largest absolute Gasteiger partial charge is 0.462 e. The Labute approximate surface area is 187 Å². The number of carbonyl (C=O) groups is 2. The van der Waals surface area contributed by atoms with E-state index in [2.05, 4.69) is 0 Å². The second-order valence-electron chi connectivity index (χ2n) is 6.90. The quantitative estimate of drug-likeness (QED) is 0.231. The second-order valence-corrected chi connectivity index (χ2v) is 8.14. The molecule has 0 spiro atoms. The minimum atomic E-state index is -0.732. The van der Waals surface area contributed by atoms with Gasteiger partial charge in [0.15, 0.2) is 5.78 Å². The first-order valence-electron chi connectivity index (χ1n) is 9.28. The van der Waals surface area contributed by atoms with Gasteiger partial charge in [-0.05, 0) is 60.2 Å². The lowest BCUT2D eigenvalue weighted by Crippen LogP contribution is -2.30. The number of Topliss-reactive ketones (excluding diaryl/α,β-unsaturated/α-hetero) is 1. The summed E-state index contributed by atoms with van der Waals surface area (Å²) in [6.07, 6.45) is 0.0852. The third-order valence-corrected chi connectivity index (χ3v) is 5.14. The van der Waals surface area contributed by atoms with Crippen LogP contribution in [0.15, 0.2) is 29.1 Å². The van der Waals surface area contributed by atoms with Crippen molar-refractivity contribution in [2.75, 3.05) is 19.8 Å². The molecule has 0 amide bonds. The molecule has 0 fully saturated rings. The highest BCUT2D eigenvalue weighted by molar-refractivity contribution is 14.1. The second kappa shape index (κ2) is 10.8. The monoisotopic (exact) mass is 530 g/mol. The number of nitrogens with two attached hydrogens (primary N) is 1. The summed E-state index contributed by atoms with van der Waals surface area (Å²) in [6, 6.07) is 5.57. The number of ether oxygens (including phenoxy) is 2. The molecule has 0 aliphatic rings. The summed E-state index contributed by atoms with van der Waals surface area (Å²) < 4.78 is 26.6. The van der Waals surface area contributed by atoms with E-state index in [0.29, 0.717) is 22.4 Å². The Hall–Kier alpha value is -2.11. The van der Waals surface area contributed by atoms with E-state index >= 15 is 0 Å². The van der Waals surface area contributed by atoms with Crippen molar-refractivity contribution in [2.24, 2.45) is 12.8 Å². The van der Waals surface area contributed by atoms with Gasteiger partial charge in [0.25, 0.3) is 5.56 Å². The number of pyridine rings is 1. The average Bonchev–Trinajstić information content (AvgIpc) is 2.69. The molecule has 7 nitrogen and oxygen atoms in total. The number of hydrogen-bond acceptors (Lipinski definition) is 6. The number of rotatable bonds is 9. The first-order chi connectivity index (χ1) is 14.1. The molecule has 1 atom stereocenters. The van der Waals surface area contributed by atoms with E-state index < -0.39 is 17.8 Å². The molecule has 0 radical (unpaired) electrons. The molecule has 0 bridgehead atoms. The number of benzene rings is 1. The average molecular weight is 530 g/mol. The molecule has 0 saturated heterocycles. The van der Waals surface area contributed by atoms with Crippen LogP contribution in [0.5, 0.6) is 0 Å². The van der Waals surface area contributed by atoms with Gasteiger partial charge in [-0.3, -0.25) is 14.4 Å². The highest BCUT2D eigenvalue weighted by atomic mass is 127. The summed E-state index contributed by atoms with van der Waals surface area (Å²) in [5, 5.41) is 0. The lowest BCUT2D eigenvalue weighted by molar-refractivity contribution is -0.146. The molecule has 162 valence electrons. The number of aromatic nitrogens is 1. The molecule has 0 aliphatic carbocycles. The van der Waals surface area contributed by atoms with Gasteiger partial charge in [-0.25, -0.2) is 4.39 Å². The van der Waals surface area contributed by atoms with Crippen LogP contribution < -0.4 is 11.3 Å². The Morgan fingerprint density at radius 3 is 2.60 bits per heavy atom. The van der Waals surface area contributed by atoms with Crippen LogP contribution in [-0.4, -0.2) is 42.2 Å². The van der Waals surface area contributed by atoms with E-state index in [1.165, 1.54) is 23.6 Å². The van der Waals surface area contributed by atoms with Crippen molar-refractivity contribution >= 4 is 34.3 Å². The first kappa shape index (κ1) is 24.2. The van der Waals surface area contributed by atoms with Gasteiger partial charge in [0.05, 0.1) is 6.61 Å². The first-order valence-corrected chi connectivity index (χ1v) is 10.4.